The Morgan fingerprint density at radius 1 is 0.770 bits per heavy atom. The van der Waals surface area contributed by atoms with Crippen molar-refractivity contribution >= 4 is 34.8 Å². The second-order valence-corrected chi connectivity index (χ2v) is 18.3. The molecule has 9 rings (SSSR count). The molecule has 1 spiro atoms. The Morgan fingerprint density at radius 2 is 1.39 bits per heavy atom. The van der Waals surface area contributed by atoms with Crippen LogP contribution in [-0.4, -0.2) is 66.0 Å². The van der Waals surface area contributed by atoms with Gasteiger partial charge in [-0.2, -0.15) is 0 Å². The SMILES string of the molecule is C=C(C)c1cc2c(cc1C(C)=O)CN(CC(=O)N1CCC3(CC1)CCN(c1ccc(C4c5ccccc5CCC4c4ccc(F)cc4)cc1)CC3)C2.CC1CCC(=O)NC1=O. The highest BCUT2D eigenvalue weighted by molar-refractivity contribution is 5.99. The number of benzene rings is 4. The number of hydrogen-bond donors (Lipinski definition) is 1. The number of carbonyl (C=O) groups is 4. The zero-order valence-corrected chi connectivity index (χ0v) is 36.0. The first-order valence-electron chi connectivity index (χ1n) is 22.2. The third-order valence-electron chi connectivity index (χ3n) is 14.3. The maximum absolute atomic E-state index is 13.8. The Hall–Kier alpha value is -5.41. The van der Waals surface area contributed by atoms with E-state index in [-0.39, 0.29) is 41.2 Å². The Bertz CT molecular complexity index is 2260. The number of ketones is 1. The maximum Gasteiger partial charge on any atom is 0.236 e. The molecule has 318 valence electrons. The normalized spacial score (nSPS) is 22.1. The molecular formula is C52H59FN4O4. The van der Waals surface area contributed by atoms with Crippen molar-refractivity contribution in [1.82, 2.24) is 15.1 Å². The second kappa shape index (κ2) is 17.9. The maximum atomic E-state index is 13.8. The summed E-state index contributed by atoms with van der Waals surface area (Å²) in [4.78, 5) is 53.8. The van der Waals surface area contributed by atoms with Crippen molar-refractivity contribution in [2.24, 2.45) is 11.3 Å². The van der Waals surface area contributed by atoms with Crippen LogP contribution in [0.2, 0.25) is 0 Å². The summed E-state index contributed by atoms with van der Waals surface area (Å²) in [6.45, 7) is 15.1. The first-order valence-corrected chi connectivity index (χ1v) is 22.2. The summed E-state index contributed by atoms with van der Waals surface area (Å²) in [5.74, 6) is 0.395. The summed E-state index contributed by atoms with van der Waals surface area (Å²) >= 11 is 0. The number of imide groups is 1. The van der Waals surface area contributed by atoms with Gasteiger partial charge in [0.15, 0.2) is 5.78 Å². The molecule has 61 heavy (non-hydrogen) atoms. The number of aryl methyl sites for hydroxylation is 1. The fourth-order valence-electron chi connectivity index (χ4n) is 10.5. The Balaban J connectivity index is 0.000000508. The van der Waals surface area contributed by atoms with Crippen LogP contribution in [0.4, 0.5) is 10.1 Å². The summed E-state index contributed by atoms with van der Waals surface area (Å²) in [7, 11) is 0. The van der Waals surface area contributed by atoms with Crippen LogP contribution in [0.15, 0.2) is 91.5 Å². The van der Waals surface area contributed by atoms with E-state index >= 15 is 0 Å². The van der Waals surface area contributed by atoms with Gasteiger partial charge in [-0.05, 0) is 145 Å². The molecule has 3 amide bonds. The summed E-state index contributed by atoms with van der Waals surface area (Å²) in [5, 5.41) is 2.25. The number of rotatable bonds is 7. The van der Waals surface area contributed by atoms with E-state index in [2.05, 4.69) is 81.2 Å². The summed E-state index contributed by atoms with van der Waals surface area (Å²) in [6, 6.07) is 29.4. The molecule has 3 saturated heterocycles. The number of piperidine rings is 3. The number of carbonyl (C=O) groups excluding carboxylic acids is 4. The van der Waals surface area contributed by atoms with Gasteiger partial charge in [-0.25, -0.2) is 4.39 Å². The van der Waals surface area contributed by atoms with E-state index < -0.39 is 0 Å². The molecule has 0 bridgehead atoms. The van der Waals surface area contributed by atoms with Crippen LogP contribution in [0, 0.1) is 17.2 Å². The van der Waals surface area contributed by atoms with Crippen molar-refractivity contribution in [3.05, 3.63) is 142 Å². The molecule has 3 atom stereocenters. The Morgan fingerprint density at radius 3 is 2.02 bits per heavy atom. The lowest BCUT2D eigenvalue weighted by molar-refractivity contribution is -0.136. The first-order chi connectivity index (χ1) is 29.4. The lowest BCUT2D eigenvalue weighted by atomic mass is 9.69. The summed E-state index contributed by atoms with van der Waals surface area (Å²) < 4.78 is 13.8. The molecule has 4 aliphatic heterocycles. The fraction of sp³-hybridized carbons (Fsp3) is 0.423. The highest BCUT2D eigenvalue weighted by Crippen LogP contribution is 2.47. The van der Waals surface area contributed by atoms with Gasteiger partial charge in [-0.1, -0.05) is 67.6 Å². The topological polar surface area (TPSA) is 90.0 Å². The molecule has 4 aromatic rings. The number of fused-ring (bicyclic) bond motifs is 2. The molecule has 3 fully saturated rings. The van der Waals surface area contributed by atoms with Crippen molar-refractivity contribution in [1.29, 1.82) is 0 Å². The molecule has 1 aliphatic carbocycles. The van der Waals surface area contributed by atoms with Crippen LogP contribution in [0.3, 0.4) is 0 Å². The highest BCUT2D eigenvalue weighted by Gasteiger charge is 2.39. The second-order valence-electron chi connectivity index (χ2n) is 18.3. The zero-order valence-electron chi connectivity index (χ0n) is 36.0. The smallest absolute Gasteiger partial charge is 0.236 e. The Labute approximate surface area is 360 Å². The van der Waals surface area contributed by atoms with Gasteiger partial charge >= 0.3 is 0 Å². The van der Waals surface area contributed by atoms with Gasteiger partial charge in [-0.15, -0.1) is 0 Å². The highest BCUT2D eigenvalue weighted by atomic mass is 19.1. The van der Waals surface area contributed by atoms with E-state index in [1.165, 1.54) is 33.5 Å². The molecule has 3 unspecified atom stereocenters. The van der Waals surface area contributed by atoms with Crippen molar-refractivity contribution in [3.63, 3.8) is 0 Å². The lowest BCUT2D eigenvalue weighted by Crippen LogP contribution is -2.49. The van der Waals surface area contributed by atoms with Crippen LogP contribution in [-0.2, 0) is 33.9 Å². The van der Waals surface area contributed by atoms with E-state index in [4.69, 9.17) is 0 Å². The van der Waals surface area contributed by atoms with Crippen molar-refractivity contribution < 1.29 is 23.6 Å². The molecule has 5 aliphatic rings. The molecule has 8 nitrogen and oxygen atoms in total. The van der Waals surface area contributed by atoms with Gasteiger partial charge in [0.05, 0.1) is 6.54 Å². The van der Waals surface area contributed by atoms with Crippen LogP contribution in [0.5, 0.6) is 0 Å². The predicted octanol–water partition coefficient (Wildman–Crippen LogP) is 9.21. The molecule has 4 heterocycles. The van der Waals surface area contributed by atoms with Crippen LogP contribution in [0.1, 0.15) is 127 Å². The number of allylic oxidation sites excluding steroid dienone is 1. The van der Waals surface area contributed by atoms with E-state index in [1.54, 1.807) is 19.1 Å². The molecule has 9 heteroatoms. The predicted molar refractivity (Wildman–Crippen MR) is 239 cm³/mol. The molecule has 0 radical (unpaired) electrons. The van der Waals surface area contributed by atoms with Gasteiger partial charge in [0.1, 0.15) is 5.82 Å². The molecule has 0 saturated carbocycles. The average molecular weight is 823 g/mol. The van der Waals surface area contributed by atoms with Crippen molar-refractivity contribution in [3.8, 4) is 0 Å². The minimum atomic E-state index is -0.183. The van der Waals surface area contributed by atoms with Gasteiger partial charge in [0.25, 0.3) is 0 Å². The monoisotopic (exact) mass is 822 g/mol. The number of halogens is 1. The van der Waals surface area contributed by atoms with Gasteiger partial charge in [0.2, 0.25) is 17.7 Å². The molecule has 0 aromatic heterocycles. The fourth-order valence-corrected chi connectivity index (χ4v) is 10.5. The van der Waals surface area contributed by atoms with Gasteiger partial charge in [0, 0.05) is 68.8 Å². The standard InChI is InChI=1S/C46H50FN3O2.C6H9NO2/c1-31(2)42-26-36-28-48(29-37(36)27-43(42)32(3)51)30-44(52)50-24-20-46(21-25-50)18-22-49(23-19-46)39-15-10-35(11-16-39)45-40-7-5-4-6-33(40)12-17-41(45)34-8-13-38(47)14-9-34;1-4-2-3-5(8)7-6(4)9/h4-11,13-16,26-27,41,45H,1,12,17-25,28-30H2,2-3H3;4H,2-3H2,1H3,(H,7,8,9). The quantitative estimate of drug-likeness (QED) is 0.148. The van der Waals surface area contributed by atoms with Crippen LogP contribution in [0.25, 0.3) is 5.57 Å². The van der Waals surface area contributed by atoms with E-state index in [0.717, 1.165) is 93.5 Å². The number of Topliss-reactive ketones (excluding diaryl/α,β-unsaturated/α-hetero) is 1. The van der Waals surface area contributed by atoms with Gasteiger partial charge in [-0.3, -0.25) is 29.4 Å². The minimum Gasteiger partial charge on any atom is -0.371 e. The van der Waals surface area contributed by atoms with Crippen LogP contribution >= 0.6 is 0 Å². The third-order valence-corrected chi connectivity index (χ3v) is 14.3. The summed E-state index contributed by atoms with van der Waals surface area (Å²) in [6.07, 6.45) is 7.75. The third kappa shape index (κ3) is 9.27. The van der Waals surface area contributed by atoms with E-state index in [0.29, 0.717) is 37.3 Å². The number of nitrogens with one attached hydrogen (secondary N) is 1. The van der Waals surface area contributed by atoms with Crippen LogP contribution < -0.4 is 10.2 Å². The number of anilines is 1. The molecular weight excluding hydrogens is 764 g/mol. The number of likely N-dealkylation sites (tertiary alicyclic amines) is 1. The number of amides is 3. The Kier molecular flexibility index (Phi) is 12.4. The number of hydrogen-bond acceptors (Lipinski definition) is 6. The number of nitrogens with zero attached hydrogens (tertiary/aromatic N) is 3. The minimum absolute atomic E-state index is 0.0164. The lowest BCUT2D eigenvalue weighted by Gasteiger charge is -2.47. The zero-order chi connectivity index (χ0) is 42.8. The first kappa shape index (κ1) is 42.3. The van der Waals surface area contributed by atoms with E-state index in [1.807, 2.05) is 32.0 Å². The van der Waals surface area contributed by atoms with Crippen molar-refractivity contribution in [2.75, 3.05) is 37.6 Å². The van der Waals surface area contributed by atoms with Crippen molar-refractivity contribution in [2.45, 2.75) is 97.1 Å². The molecule has 1 N–H and O–H groups in total. The van der Waals surface area contributed by atoms with Gasteiger partial charge < -0.3 is 9.80 Å². The summed E-state index contributed by atoms with van der Waals surface area (Å²) in [5.41, 5.74) is 11.8. The van der Waals surface area contributed by atoms with E-state index in [9.17, 15) is 23.6 Å². The molecule has 4 aromatic carbocycles. The largest absolute Gasteiger partial charge is 0.371 e. The average Bonchev–Trinajstić information content (AvgIpc) is 3.66.